The number of nitrogens with one attached hydrogen (secondary N) is 1. The van der Waals surface area contributed by atoms with Crippen molar-refractivity contribution < 1.29 is 9.53 Å². The van der Waals surface area contributed by atoms with Crippen molar-refractivity contribution in [2.45, 2.75) is 33.7 Å². The third-order valence-corrected chi connectivity index (χ3v) is 6.08. The van der Waals surface area contributed by atoms with Gasteiger partial charge in [0.1, 0.15) is 12.3 Å². The molecule has 8 heteroatoms. The summed E-state index contributed by atoms with van der Waals surface area (Å²) in [5.41, 5.74) is 4.85. The van der Waals surface area contributed by atoms with Gasteiger partial charge in [0.2, 0.25) is 11.6 Å². The Labute approximate surface area is 201 Å². The first-order valence-corrected chi connectivity index (χ1v) is 11.5. The van der Waals surface area contributed by atoms with Gasteiger partial charge in [-0.3, -0.25) is 4.79 Å². The van der Waals surface area contributed by atoms with Crippen LogP contribution < -0.4 is 15.7 Å². The first-order chi connectivity index (χ1) is 16.9. The molecule has 0 spiro atoms. The average Bonchev–Trinajstić information content (AvgIpc) is 3.18. The number of amides is 1. The number of fused-ring (bicyclic) bond motifs is 3. The Hall–Kier alpha value is -4.46. The van der Waals surface area contributed by atoms with Gasteiger partial charge in [0.15, 0.2) is 0 Å². The van der Waals surface area contributed by atoms with E-state index in [1.807, 2.05) is 68.4 Å². The molecule has 35 heavy (non-hydrogen) atoms. The predicted molar refractivity (Wildman–Crippen MR) is 135 cm³/mol. The van der Waals surface area contributed by atoms with Crippen molar-refractivity contribution in [1.29, 1.82) is 0 Å². The second-order valence-corrected chi connectivity index (χ2v) is 8.40. The zero-order valence-corrected chi connectivity index (χ0v) is 19.8. The Kier molecular flexibility index (Phi) is 5.78. The molecule has 2 heterocycles. The third kappa shape index (κ3) is 4.26. The molecule has 5 aromatic rings. The van der Waals surface area contributed by atoms with E-state index in [9.17, 15) is 9.59 Å². The summed E-state index contributed by atoms with van der Waals surface area (Å²) in [5.74, 6) is 0.475. The summed E-state index contributed by atoms with van der Waals surface area (Å²) in [6.07, 6.45) is 0.916. The van der Waals surface area contributed by atoms with E-state index >= 15 is 0 Å². The monoisotopic (exact) mass is 467 g/mol. The number of ether oxygens (including phenoxy) is 1. The van der Waals surface area contributed by atoms with Crippen LogP contribution in [0, 0.1) is 13.8 Å². The molecule has 8 nitrogen and oxygen atoms in total. The van der Waals surface area contributed by atoms with Gasteiger partial charge >= 0.3 is 5.69 Å². The number of aryl methyl sites for hydroxylation is 2. The lowest BCUT2D eigenvalue weighted by atomic mass is 10.1. The molecule has 0 aliphatic heterocycles. The van der Waals surface area contributed by atoms with Crippen molar-refractivity contribution >= 4 is 28.3 Å². The van der Waals surface area contributed by atoms with Crippen molar-refractivity contribution in [3.8, 4) is 11.6 Å². The van der Waals surface area contributed by atoms with E-state index in [1.165, 1.54) is 9.96 Å². The highest BCUT2D eigenvalue weighted by Gasteiger charge is 2.19. The molecule has 176 valence electrons. The van der Waals surface area contributed by atoms with Crippen LogP contribution in [0.25, 0.3) is 16.7 Å². The van der Waals surface area contributed by atoms with E-state index in [2.05, 4.69) is 22.3 Å². The zero-order valence-electron chi connectivity index (χ0n) is 19.8. The fourth-order valence-electron chi connectivity index (χ4n) is 3.94. The summed E-state index contributed by atoms with van der Waals surface area (Å²) in [6.45, 7) is 5.79. The highest BCUT2D eigenvalue weighted by Crippen LogP contribution is 2.29. The zero-order chi connectivity index (χ0) is 24.5. The van der Waals surface area contributed by atoms with E-state index < -0.39 is 5.69 Å². The van der Waals surface area contributed by atoms with E-state index in [1.54, 1.807) is 12.1 Å². The normalized spacial score (nSPS) is 11.2. The van der Waals surface area contributed by atoms with Gasteiger partial charge in [-0.15, -0.1) is 5.10 Å². The fraction of sp³-hybridized carbons (Fsp3) is 0.185. The lowest BCUT2D eigenvalue weighted by Crippen LogP contribution is -2.28. The van der Waals surface area contributed by atoms with Crippen LogP contribution in [0.1, 0.15) is 23.6 Å². The lowest BCUT2D eigenvalue weighted by Gasteiger charge is -2.11. The lowest BCUT2D eigenvalue weighted by molar-refractivity contribution is -0.117. The Morgan fingerprint density at radius 3 is 2.54 bits per heavy atom. The number of aromatic nitrogens is 4. The number of hydrogen-bond acceptors (Lipinski definition) is 5. The van der Waals surface area contributed by atoms with Crippen molar-refractivity contribution in [3.63, 3.8) is 0 Å². The minimum atomic E-state index is -0.444. The SMILES string of the molecule is CCc1ccc(NC(=O)Cn2nc3c(Oc4cccc(C)c4C)nc4ccccc4n3c2=O)cc1. The highest BCUT2D eigenvalue weighted by molar-refractivity contribution is 5.90. The van der Waals surface area contributed by atoms with Gasteiger partial charge in [0.05, 0.1) is 11.0 Å². The maximum Gasteiger partial charge on any atom is 0.351 e. The third-order valence-electron chi connectivity index (χ3n) is 6.08. The van der Waals surface area contributed by atoms with Gasteiger partial charge in [0, 0.05) is 5.69 Å². The molecule has 0 saturated heterocycles. The average molecular weight is 468 g/mol. The molecular formula is C27H25N5O3. The second kappa shape index (κ2) is 9.06. The van der Waals surface area contributed by atoms with Crippen LogP contribution in [0.15, 0.2) is 71.5 Å². The van der Waals surface area contributed by atoms with E-state index in [0.717, 1.165) is 22.2 Å². The van der Waals surface area contributed by atoms with Gasteiger partial charge in [-0.25, -0.2) is 18.9 Å². The maximum atomic E-state index is 13.3. The Morgan fingerprint density at radius 1 is 1.00 bits per heavy atom. The topological polar surface area (TPSA) is 90.5 Å². The van der Waals surface area contributed by atoms with Gasteiger partial charge in [-0.05, 0) is 67.3 Å². The molecule has 0 bridgehead atoms. The fourth-order valence-corrected chi connectivity index (χ4v) is 3.94. The quantitative estimate of drug-likeness (QED) is 0.392. The molecule has 1 N–H and O–H groups in total. The maximum absolute atomic E-state index is 13.3. The van der Waals surface area contributed by atoms with Crippen molar-refractivity contribution in [2.75, 3.05) is 5.32 Å². The first kappa shape index (κ1) is 22.3. The van der Waals surface area contributed by atoms with Gasteiger partial charge < -0.3 is 10.1 Å². The molecule has 0 unspecified atom stereocenters. The Morgan fingerprint density at radius 2 is 1.77 bits per heavy atom. The number of para-hydroxylation sites is 2. The van der Waals surface area contributed by atoms with E-state index in [-0.39, 0.29) is 24.0 Å². The predicted octanol–water partition coefficient (Wildman–Crippen LogP) is 4.65. The van der Waals surface area contributed by atoms with Gasteiger partial charge in [-0.2, -0.15) is 0 Å². The van der Waals surface area contributed by atoms with Crippen LogP contribution in [-0.2, 0) is 17.8 Å². The number of carbonyl (C=O) groups is 1. The molecule has 0 radical (unpaired) electrons. The van der Waals surface area contributed by atoms with Crippen LogP contribution in [0.4, 0.5) is 5.69 Å². The van der Waals surface area contributed by atoms with Crippen LogP contribution in [0.2, 0.25) is 0 Å². The molecule has 0 atom stereocenters. The molecule has 0 aliphatic rings. The molecule has 1 amide bonds. The van der Waals surface area contributed by atoms with Crippen LogP contribution in [0.3, 0.4) is 0 Å². The minimum Gasteiger partial charge on any atom is -0.436 e. The molecule has 3 aromatic carbocycles. The molecule has 5 rings (SSSR count). The Bertz CT molecular complexity index is 1620. The number of rotatable bonds is 6. The van der Waals surface area contributed by atoms with E-state index in [0.29, 0.717) is 22.5 Å². The van der Waals surface area contributed by atoms with Crippen molar-refractivity contribution in [2.24, 2.45) is 0 Å². The van der Waals surface area contributed by atoms with Gasteiger partial charge in [-0.1, -0.05) is 43.3 Å². The standard InChI is InChI=1S/C27H25N5O3/c1-4-19-12-14-20(15-13-19)28-24(33)16-31-27(34)32-22-10-6-5-9-21(22)29-26(25(32)30-31)35-23-11-7-8-17(2)18(23)3/h5-15H,4,16H2,1-3H3,(H,28,33). The van der Waals surface area contributed by atoms with Crippen LogP contribution in [-0.4, -0.2) is 25.1 Å². The summed E-state index contributed by atoms with van der Waals surface area (Å²) in [5, 5.41) is 7.26. The van der Waals surface area contributed by atoms with Gasteiger partial charge in [0.25, 0.3) is 5.88 Å². The number of anilines is 1. The van der Waals surface area contributed by atoms with Crippen molar-refractivity contribution in [1.82, 2.24) is 19.2 Å². The summed E-state index contributed by atoms with van der Waals surface area (Å²) in [7, 11) is 0. The first-order valence-electron chi connectivity index (χ1n) is 11.5. The summed E-state index contributed by atoms with van der Waals surface area (Å²) >= 11 is 0. The minimum absolute atomic E-state index is 0.198. The molecular weight excluding hydrogens is 442 g/mol. The summed E-state index contributed by atoms with van der Waals surface area (Å²) < 4.78 is 8.73. The second-order valence-electron chi connectivity index (χ2n) is 8.40. The number of nitrogens with zero attached hydrogens (tertiary/aromatic N) is 4. The molecule has 0 fully saturated rings. The summed E-state index contributed by atoms with van der Waals surface area (Å²) in [6, 6.07) is 20.6. The highest BCUT2D eigenvalue weighted by atomic mass is 16.5. The largest absolute Gasteiger partial charge is 0.436 e. The van der Waals surface area contributed by atoms with Crippen LogP contribution >= 0.6 is 0 Å². The van der Waals surface area contributed by atoms with Crippen LogP contribution in [0.5, 0.6) is 11.6 Å². The molecule has 0 aliphatic carbocycles. The number of benzene rings is 3. The van der Waals surface area contributed by atoms with E-state index in [4.69, 9.17) is 4.74 Å². The van der Waals surface area contributed by atoms with Crippen molar-refractivity contribution in [3.05, 3.63) is 93.9 Å². The molecule has 0 saturated carbocycles. The molecule has 2 aromatic heterocycles. The number of hydrogen-bond donors (Lipinski definition) is 1. The summed E-state index contributed by atoms with van der Waals surface area (Å²) in [4.78, 5) is 30.7. The Balaban J connectivity index is 1.54. The smallest absolute Gasteiger partial charge is 0.351 e. The number of carbonyl (C=O) groups excluding carboxylic acids is 1.